The maximum absolute atomic E-state index is 6.09. The number of hydrogen-bond donors (Lipinski definition) is 0. The highest BCUT2D eigenvalue weighted by Crippen LogP contribution is 2.28. The molecule has 158 valence electrons. The molecule has 2 aromatic carbocycles. The Morgan fingerprint density at radius 2 is 1.48 bits per heavy atom. The first kappa shape index (κ1) is 21.9. The molecule has 1 saturated carbocycles. The predicted molar refractivity (Wildman–Crippen MR) is 126 cm³/mol. The van der Waals surface area contributed by atoms with E-state index in [0.717, 1.165) is 18.1 Å². The minimum absolute atomic E-state index is 0.293. The van der Waals surface area contributed by atoms with Gasteiger partial charge in [0, 0.05) is 0 Å². The van der Waals surface area contributed by atoms with Crippen LogP contribution in [0, 0.1) is 5.92 Å². The molecule has 1 aliphatic rings. The normalized spacial score (nSPS) is 15.9. The SMILES string of the molecule is CCCCCC[C@@H](C)Oc1ccc(-c2ccc(CCC3CCCCC3)cc2)cc1. The van der Waals surface area contributed by atoms with Gasteiger partial charge in [0.15, 0.2) is 0 Å². The summed E-state index contributed by atoms with van der Waals surface area (Å²) in [5, 5.41) is 0. The van der Waals surface area contributed by atoms with Crippen LogP contribution < -0.4 is 4.74 Å². The van der Waals surface area contributed by atoms with Crippen LogP contribution in [0.5, 0.6) is 5.75 Å². The molecule has 1 heteroatoms. The Morgan fingerprint density at radius 3 is 2.14 bits per heavy atom. The zero-order valence-electron chi connectivity index (χ0n) is 18.7. The van der Waals surface area contributed by atoms with E-state index in [9.17, 15) is 0 Å². The molecule has 0 radical (unpaired) electrons. The van der Waals surface area contributed by atoms with E-state index >= 15 is 0 Å². The first-order valence-corrected chi connectivity index (χ1v) is 12.1. The fourth-order valence-corrected chi connectivity index (χ4v) is 4.59. The Labute approximate surface area is 178 Å². The van der Waals surface area contributed by atoms with Gasteiger partial charge in [-0.2, -0.15) is 0 Å². The molecule has 1 nitrogen and oxygen atoms in total. The van der Waals surface area contributed by atoms with Gasteiger partial charge in [0.1, 0.15) is 5.75 Å². The van der Waals surface area contributed by atoms with Gasteiger partial charge in [-0.05, 0) is 67.3 Å². The van der Waals surface area contributed by atoms with E-state index in [4.69, 9.17) is 4.74 Å². The summed E-state index contributed by atoms with van der Waals surface area (Å²) in [5.41, 5.74) is 4.05. The quantitative estimate of drug-likeness (QED) is 0.348. The van der Waals surface area contributed by atoms with Crippen LogP contribution in [0.3, 0.4) is 0 Å². The van der Waals surface area contributed by atoms with Crippen molar-refractivity contribution in [1.29, 1.82) is 0 Å². The van der Waals surface area contributed by atoms with Crippen molar-refractivity contribution in [3.63, 3.8) is 0 Å². The molecule has 0 heterocycles. The van der Waals surface area contributed by atoms with Gasteiger partial charge in [0.25, 0.3) is 0 Å². The van der Waals surface area contributed by atoms with Gasteiger partial charge in [-0.25, -0.2) is 0 Å². The Hall–Kier alpha value is -1.76. The molecule has 3 rings (SSSR count). The van der Waals surface area contributed by atoms with Crippen LogP contribution >= 0.6 is 0 Å². The monoisotopic (exact) mass is 392 g/mol. The van der Waals surface area contributed by atoms with Gasteiger partial charge in [-0.15, -0.1) is 0 Å². The minimum Gasteiger partial charge on any atom is -0.491 e. The molecule has 0 amide bonds. The van der Waals surface area contributed by atoms with Crippen LogP contribution in [-0.2, 0) is 6.42 Å². The summed E-state index contributed by atoms with van der Waals surface area (Å²) in [7, 11) is 0. The van der Waals surface area contributed by atoms with Gasteiger partial charge in [-0.3, -0.25) is 0 Å². The van der Waals surface area contributed by atoms with Crippen molar-refractivity contribution in [2.24, 2.45) is 5.92 Å². The lowest BCUT2D eigenvalue weighted by Gasteiger charge is -2.21. The maximum atomic E-state index is 6.09. The number of benzene rings is 2. The molecule has 0 aliphatic heterocycles. The average molecular weight is 393 g/mol. The van der Waals surface area contributed by atoms with Crippen LogP contribution in [0.2, 0.25) is 0 Å². The lowest BCUT2D eigenvalue weighted by molar-refractivity contribution is 0.206. The van der Waals surface area contributed by atoms with Crippen molar-refractivity contribution in [2.75, 3.05) is 0 Å². The summed E-state index contributed by atoms with van der Waals surface area (Å²) < 4.78 is 6.09. The summed E-state index contributed by atoms with van der Waals surface area (Å²) in [6.07, 6.45) is 16.5. The summed E-state index contributed by atoms with van der Waals surface area (Å²) in [6, 6.07) is 17.8. The number of unbranched alkanes of at least 4 members (excludes halogenated alkanes) is 3. The molecule has 1 aliphatic carbocycles. The van der Waals surface area contributed by atoms with E-state index in [0.29, 0.717) is 6.10 Å². The molecule has 0 aromatic heterocycles. The third-order valence-corrected chi connectivity index (χ3v) is 6.51. The molecule has 0 spiro atoms. The maximum Gasteiger partial charge on any atom is 0.119 e. The first-order chi connectivity index (χ1) is 14.2. The van der Waals surface area contributed by atoms with E-state index in [1.807, 2.05) is 0 Å². The summed E-state index contributed by atoms with van der Waals surface area (Å²) in [4.78, 5) is 0. The first-order valence-electron chi connectivity index (χ1n) is 12.1. The Morgan fingerprint density at radius 1 is 0.828 bits per heavy atom. The molecule has 29 heavy (non-hydrogen) atoms. The third-order valence-electron chi connectivity index (χ3n) is 6.51. The second-order valence-electron chi connectivity index (χ2n) is 9.04. The number of rotatable bonds is 11. The van der Waals surface area contributed by atoms with Gasteiger partial charge < -0.3 is 4.74 Å². The van der Waals surface area contributed by atoms with Gasteiger partial charge in [0.2, 0.25) is 0 Å². The van der Waals surface area contributed by atoms with Crippen molar-refractivity contribution in [1.82, 2.24) is 0 Å². The highest BCUT2D eigenvalue weighted by atomic mass is 16.5. The fraction of sp³-hybridized carbons (Fsp3) is 0.571. The molecule has 0 unspecified atom stereocenters. The van der Waals surface area contributed by atoms with E-state index in [1.165, 1.54) is 87.3 Å². The van der Waals surface area contributed by atoms with Crippen LogP contribution in [-0.4, -0.2) is 6.10 Å². The second kappa shape index (κ2) is 12.1. The minimum atomic E-state index is 0.293. The van der Waals surface area contributed by atoms with Crippen LogP contribution in [0.25, 0.3) is 11.1 Å². The van der Waals surface area contributed by atoms with Gasteiger partial charge >= 0.3 is 0 Å². The standard InChI is InChI=1S/C28H40O/c1-3-4-5-7-10-23(2)29-28-21-19-27(20-22-28)26-17-15-25(16-18-26)14-13-24-11-8-6-9-12-24/h15-24H,3-14H2,1-2H3/t23-/m1/s1. The van der Waals surface area contributed by atoms with Crippen molar-refractivity contribution in [3.8, 4) is 16.9 Å². The Bertz CT molecular complexity index is 679. The predicted octanol–water partition coefficient (Wildman–Crippen LogP) is 8.60. The molecule has 0 bridgehead atoms. The zero-order valence-corrected chi connectivity index (χ0v) is 18.7. The van der Waals surface area contributed by atoms with Gasteiger partial charge in [-0.1, -0.05) is 94.7 Å². The summed E-state index contributed by atoms with van der Waals surface area (Å²) in [5.74, 6) is 1.95. The molecular formula is C28H40O. The smallest absolute Gasteiger partial charge is 0.119 e. The molecule has 0 N–H and O–H groups in total. The molecular weight excluding hydrogens is 352 g/mol. The highest BCUT2D eigenvalue weighted by Gasteiger charge is 2.13. The zero-order chi connectivity index (χ0) is 20.3. The fourth-order valence-electron chi connectivity index (χ4n) is 4.59. The summed E-state index contributed by atoms with van der Waals surface area (Å²) in [6.45, 7) is 4.44. The van der Waals surface area contributed by atoms with Crippen LogP contribution in [0.15, 0.2) is 48.5 Å². The van der Waals surface area contributed by atoms with Crippen molar-refractivity contribution in [3.05, 3.63) is 54.1 Å². The van der Waals surface area contributed by atoms with E-state index < -0.39 is 0 Å². The molecule has 1 fully saturated rings. The summed E-state index contributed by atoms with van der Waals surface area (Å²) >= 11 is 0. The van der Waals surface area contributed by atoms with Crippen molar-refractivity contribution >= 4 is 0 Å². The second-order valence-corrected chi connectivity index (χ2v) is 9.04. The third kappa shape index (κ3) is 7.53. The molecule has 1 atom stereocenters. The Kier molecular flexibility index (Phi) is 9.12. The average Bonchev–Trinajstić information content (AvgIpc) is 2.77. The van der Waals surface area contributed by atoms with E-state index in [1.54, 1.807) is 0 Å². The Balaban J connectivity index is 1.46. The largest absolute Gasteiger partial charge is 0.491 e. The van der Waals surface area contributed by atoms with E-state index in [2.05, 4.69) is 62.4 Å². The molecule has 2 aromatic rings. The van der Waals surface area contributed by atoms with Crippen molar-refractivity contribution in [2.45, 2.75) is 97.0 Å². The highest BCUT2D eigenvalue weighted by molar-refractivity contribution is 5.64. The lowest BCUT2D eigenvalue weighted by Crippen LogP contribution is -2.11. The number of aryl methyl sites for hydroxylation is 1. The topological polar surface area (TPSA) is 9.23 Å². The van der Waals surface area contributed by atoms with Crippen LogP contribution in [0.4, 0.5) is 0 Å². The number of ether oxygens (including phenoxy) is 1. The number of hydrogen-bond acceptors (Lipinski definition) is 1. The van der Waals surface area contributed by atoms with E-state index in [-0.39, 0.29) is 0 Å². The lowest BCUT2D eigenvalue weighted by atomic mass is 9.85. The molecule has 0 saturated heterocycles. The van der Waals surface area contributed by atoms with Crippen molar-refractivity contribution < 1.29 is 4.74 Å². The van der Waals surface area contributed by atoms with Crippen LogP contribution in [0.1, 0.15) is 90.0 Å². The van der Waals surface area contributed by atoms with Gasteiger partial charge in [0.05, 0.1) is 6.10 Å².